The lowest BCUT2D eigenvalue weighted by Crippen LogP contribution is -2.31. The predicted octanol–water partition coefficient (Wildman–Crippen LogP) is 2.34. The fraction of sp³-hybridized carbons (Fsp3) is 0.562. The van der Waals surface area contributed by atoms with Crippen molar-refractivity contribution in [2.75, 3.05) is 46.1 Å². The van der Waals surface area contributed by atoms with Crippen molar-refractivity contribution in [1.82, 2.24) is 9.80 Å². The first-order valence-electron chi connectivity index (χ1n) is 7.57. The van der Waals surface area contributed by atoms with Gasteiger partial charge in [-0.25, -0.2) is 0 Å². The van der Waals surface area contributed by atoms with E-state index >= 15 is 0 Å². The van der Waals surface area contributed by atoms with Gasteiger partial charge < -0.3 is 20.3 Å². The number of halogens is 1. The quantitative estimate of drug-likeness (QED) is 0.844. The minimum Gasteiger partial charge on any atom is -0.496 e. The zero-order valence-electron chi connectivity index (χ0n) is 13.4. The summed E-state index contributed by atoms with van der Waals surface area (Å²) in [5.41, 5.74) is 6.66. The molecular formula is C16H24ClN3O2. The molecule has 0 aliphatic carbocycles. The van der Waals surface area contributed by atoms with Gasteiger partial charge in [-0.2, -0.15) is 0 Å². The molecule has 1 aliphatic heterocycles. The van der Waals surface area contributed by atoms with E-state index in [9.17, 15) is 4.79 Å². The Morgan fingerprint density at radius 2 is 2.27 bits per heavy atom. The number of anilines is 1. The topological polar surface area (TPSA) is 58.8 Å². The molecule has 2 N–H and O–H groups in total. The lowest BCUT2D eigenvalue weighted by molar-refractivity contribution is 0.0781. The number of ether oxygens (including phenoxy) is 1. The molecule has 22 heavy (non-hydrogen) atoms. The number of benzene rings is 1. The van der Waals surface area contributed by atoms with Crippen LogP contribution in [-0.4, -0.2) is 56.0 Å². The van der Waals surface area contributed by atoms with Crippen LogP contribution in [0.5, 0.6) is 5.75 Å². The van der Waals surface area contributed by atoms with Gasteiger partial charge in [0.25, 0.3) is 5.91 Å². The first-order valence-corrected chi connectivity index (χ1v) is 7.94. The number of carbonyl (C=O) groups is 1. The average Bonchev–Trinajstić information content (AvgIpc) is 2.97. The van der Waals surface area contributed by atoms with Crippen LogP contribution in [0.4, 0.5) is 5.69 Å². The molecule has 1 aromatic rings. The Kier molecular flexibility index (Phi) is 5.53. The molecule has 2 rings (SSSR count). The smallest absolute Gasteiger partial charge is 0.257 e. The summed E-state index contributed by atoms with van der Waals surface area (Å²) in [5, 5.41) is 0.380. The van der Waals surface area contributed by atoms with Gasteiger partial charge in [-0.05, 0) is 32.0 Å². The Hall–Kier alpha value is -1.46. The summed E-state index contributed by atoms with van der Waals surface area (Å²) in [6.07, 6.45) is 1.03. The van der Waals surface area contributed by atoms with Crippen LogP contribution in [0.3, 0.4) is 0 Å². The highest BCUT2D eigenvalue weighted by atomic mass is 35.5. The van der Waals surface area contributed by atoms with Crippen molar-refractivity contribution in [2.45, 2.75) is 13.3 Å². The molecule has 1 saturated heterocycles. The van der Waals surface area contributed by atoms with Crippen LogP contribution in [0, 0.1) is 5.92 Å². The number of amides is 1. The number of hydrogen-bond acceptors (Lipinski definition) is 4. The Morgan fingerprint density at radius 1 is 1.55 bits per heavy atom. The summed E-state index contributed by atoms with van der Waals surface area (Å²) in [6, 6.07) is 3.21. The molecule has 1 unspecified atom stereocenters. The van der Waals surface area contributed by atoms with Gasteiger partial charge in [-0.1, -0.05) is 18.5 Å². The van der Waals surface area contributed by atoms with Gasteiger partial charge in [-0.15, -0.1) is 0 Å². The SMILES string of the molecule is CCN(C)CC1CCN(C(=O)c2cc(Cl)c(N)cc2OC)C1. The van der Waals surface area contributed by atoms with Gasteiger partial charge in [0.1, 0.15) is 5.75 Å². The minimum absolute atomic E-state index is 0.0413. The highest BCUT2D eigenvalue weighted by Gasteiger charge is 2.29. The fourth-order valence-electron chi connectivity index (χ4n) is 2.81. The largest absolute Gasteiger partial charge is 0.496 e. The van der Waals surface area contributed by atoms with Crippen LogP contribution in [0.15, 0.2) is 12.1 Å². The number of likely N-dealkylation sites (tertiary alicyclic amines) is 1. The van der Waals surface area contributed by atoms with E-state index in [-0.39, 0.29) is 5.91 Å². The second-order valence-corrected chi connectivity index (χ2v) is 6.24. The summed E-state index contributed by atoms with van der Waals surface area (Å²) in [4.78, 5) is 16.9. The highest BCUT2D eigenvalue weighted by Crippen LogP contribution is 2.31. The lowest BCUT2D eigenvalue weighted by atomic mass is 10.1. The Bertz CT molecular complexity index is 550. The van der Waals surface area contributed by atoms with Crippen molar-refractivity contribution in [2.24, 2.45) is 5.92 Å². The van der Waals surface area contributed by atoms with Gasteiger partial charge in [0.2, 0.25) is 0 Å². The number of nitrogens with zero attached hydrogens (tertiary/aromatic N) is 2. The van der Waals surface area contributed by atoms with Crippen molar-refractivity contribution in [3.05, 3.63) is 22.7 Å². The molecule has 0 bridgehead atoms. The first-order chi connectivity index (χ1) is 10.5. The van der Waals surface area contributed by atoms with Gasteiger partial charge >= 0.3 is 0 Å². The average molecular weight is 326 g/mol. The molecular weight excluding hydrogens is 302 g/mol. The number of nitrogens with two attached hydrogens (primary N) is 1. The third kappa shape index (κ3) is 3.65. The van der Waals surface area contributed by atoms with Crippen molar-refractivity contribution < 1.29 is 9.53 Å². The molecule has 122 valence electrons. The molecule has 0 radical (unpaired) electrons. The molecule has 1 aromatic carbocycles. The van der Waals surface area contributed by atoms with E-state index in [0.717, 1.165) is 32.6 Å². The molecule has 1 heterocycles. The van der Waals surface area contributed by atoms with E-state index < -0.39 is 0 Å². The summed E-state index contributed by atoms with van der Waals surface area (Å²) in [7, 11) is 3.63. The molecule has 1 fully saturated rings. The monoisotopic (exact) mass is 325 g/mol. The predicted molar refractivity (Wildman–Crippen MR) is 89.6 cm³/mol. The molecule has 1 amide bonds. The maximum Gasteiger partial charge on any atom is 0.257 e. The Labute approximate surface area is 137 Å². The van der Waals surface area contributed by atoms with E-state index in [2.05, 4.69) is 18.9 Å². The Morgan fingerprint density at radius 3 is 2.91 bits per heavy atom. The van der Waals surface area contributed by atoms with Crippen molar-refractivity contribution >= 4 is 23.2 Å². The number of rotatable bonds is 5. The third-order valence-corrected chi connectivity index (χ3v) is 4.56. The molecule has 1 atom stereocenters. The van der Waals surface area contributed by atoms with Crippen molar-refractivity contribution in [3.8, 4) is 5.75 Å². The van der Waals surface area contributed by atoms with Gasteiger partial charge in [0.05, 0.1) is 23.4 Å². The summed E-state index contributed by atoms with van der Waals surface area (Å²) in [5.74, 6) is 0.950. The summed E-state index contributed by atoms with van der Waals surface area (Å²) in [6.45, 7) is 5.71. The van der Waals surface area contributed by atoms with Gasteiger partial charge in [0.15, 0.2) is 0 Å². The Balaban J connectivity index is 2.11. The number of methoxy groups -OCH3 is 1. The number of nitrogen functional groups attached to an aromatic ring is 1. The zero-order valence-corrected chi connectivity index (χ0v) is 14.2. The third-order valence-electron chi connectivity index (χ3n) is 4.23. The molecule has 0 spiro atoms. The van der Waals surface area contributed by atoms with E-state index in [1.807, 2.05) is 4.90 Å². The first kappa shape index (κ1) is 16.9. The highest BCUT2D eigenvalue weighted by molar-refractivity contribution is 6.33. The van der Waals surface area contributed by atoms with Crippen molar-refractivity contribution in [1.29, 1.82) is 0 Å². The van der Waals surface area contributed by atoms with Crippen LogP contribution >= 0.6 is 11.6 Å². The standard InChI is InChI=1S/C16H24ClN3O2/c1-4-19(2)9-11-5-6-20(10-11)16(21)12-7-13(17)14(18)8-15(12)22-3/h7-8,11H,4-6,9-10,18H2,1-3H3. The van der Waals surface area contributed by atoms with Gasteiger partial charge in [-0.3, -0.25) is 4.79 Å². The van der Waals surface area contributed by atoms with E-state index in [1.165, 1.54) is 7.11 Å². The molecule has 1 aliphatic rings. The normalized spacial score (nSPS) is 18.0. The molecule has 6 heteroatoms. The minimum atomic E-state index is -0.0413. The van der Waals surface area contributed by atoms with E-state index in [4.69, 9.17) is 22.1 Å². The second kappa shape index (κ2) is 7.20. The van der Waals surface area contributed by atoms with Crippen LogP contribution in [0.1, 0.15) is 23.7 Å². The van der Waals surface area contributed by atoms with Crippen LogP contribution in [0.2, 0.25) is 5.02 Å². The lowest BCUT2D eigenvalue weighted by Gasteiger charge is -2.21. The molecule has 5 nitrogen and oxygen atoms in total. The summed E-state index contributed by atoms with van der Waals surface area (Å²) >= 11 is 6.05. The summed E-state index contributed by atoms with van der Waals surface area (Å²) < 4.78 is 5.28. The molecule has 0 saturated carbocycles. The molecule has 0 aromatic heterocycles. The zero-order chi connectivity index (χ0) is 16.3. The number of carbonyl (C=O) groups excluding carboxylic acids is 1. The van der Waals surface area contributed by atoms with Crippen molar-refractivity contribution in [3.63, 3.8) is 0 Å². The van der Waals surface area contributed by atoms with E-state index in [1.54, 1.807) is 12.1 Å². The van der Waals surface area contributed by atoms with Crippen LogP contribution in [-0.2, 0) is 0 Å². The van der Waals surface area contributed by atoms with Crippen LogP contribution < -0.4 is 10.5 Å². The second-order valence-electron chi connectivity index (χ2n) is 5.83. The number of hydrogen-bond donors (Lipinski definition) is 1. The van der Waals surface area contributed by atoms with Crippen LogP contribution in [0.25, 0.3) is 0 Å². The van der Waals surface area contributed by atoms with Gasteiger partial charge in [0, 0.05) is 25.7 Å². The maximum absolute atomic E-state index is 12.7. The fourth-order valence-corrected chi connectivity index (χ4v) is 2.98. The maximum atomic E-state index is 12.7. The van der Waals surface area contributed by atoms with E-state index in [0.29, 0.717) is 27.9 Å².